The summed E-state index contributed by atoms with van der Waals surface area (Å²) < 4.78 is 19.9. The van der Waals surface area contributed by atoms with Crippen LogP contribution in [-0.4, -0.2) is 162 Å². The first-order valence-electron chi connectivity index (χ1n) is 16.0. The van der Waals surface area contributed by atoms with Crippen LogP contribution in [0.4, 0.5) is 0 Å². The van der Waals surface area contributed by atoms with Gasteiger partial charge in [-0.1, -0.05) is 13.3 Å². The number of unbranched alkanes of at least 4 members (excludes halogenated alkanes) is 1. The van der Waals surface area contributed by atoms with E-state index in [1.165, 1.54) is 20.8 Å². The molecule has 0 aliphatic heterocycles. The Labute approximate surface area is 290 Å². The van der Waals surface area contributed by atoms with Gasteiger partial charge in [-0.25, -0.2) is 24.2 Å². The third-order valence-electron chi connectivity index (χ3n) is 7.07. The maximum absolute atomic E-state index is 11.8. The standard InChI is InChI=1S/C31H54N2O17/c1-5-9-16-47-21-22(34)20-33(15-12-19-50-28(40)25(37)8-4)31(45,46)29(41,42)30(43,44)32(13-10-17-48-26(38)23(35)6-2)14-11-18-49-27(39)24(36)7-3/h6-8,22,34-37,41-46H,5,9-21H2,1-4H3. The molecule has 290 valence electrons. The number of carbonyl (C=O) groups is 3. The molecule has 0 bridgehead atoms. The second kappa shape index (κ2) is 23.2. The lowest BCUT2D eigenvalue weighted by Crippen LogP contribution is -2.78. The van der Waals surface area contributed by atoms with Crippen LogP contribution in [0.1, 0.15) is 59.8 Å². The highest BCUT2D eigenvalue weighted by atomic mass is 16.7. The number of ether oxygens (including phenoxy) is 4. The van der Waals surface area contributed by atoms with Crippen LogP contribution in [-0.2, 0) is 33.3 Å². The molecule has 1 unspecified atom stereocenters. The summed E-state index contributed by atoms with van der Waals surface area (Å²) in [4.78, 5) is 36.3. The Kier molecular flexibility index (Phi) is 21.6. The summed E-state index contributed by atoms with van der Waals surface area (Å²) >= 11 is 0. The van der Waals surface area contributed by atoms with Crippen LogP contribution < -0.4 is 0 Å². The number of hydrogen-bond donors (Lipinski definition) is 10. The first-order chi connectivity index (χ1) is 23.3. The zero-order valence-electron chi connectivity index (χ0n) is 28.9. The minimum Gasteiger partial charge on any atom is -0.502 e. The minimum absolute atomic E-state index is 0.243. The molecule has 19 heteroatoms. The Morgan fingerprint density at radius 2 is 0.980 bits per heavy atom. The van der Waals surface area contributed by atoms with Crippen molar-refractivity contribution < 1.29 is 84.4 Å². The van der Waals surface area contributed by atoms with E-state index in [4.69, 9.17) is 18.9 Å². The summed E-state index contributed by atoms with van der Waals surface area (Å²) in [5.41, 5.74) is 0. The fourth-order valence-corrected chi connectivity index (χ4v) is 4.07. The number of hydrogen-bond acceptors (Lipinski definition) is 19. The fourth-order valence-electron chi connectivity index (χ4n) is 4.07. The summed E-state index contributed by atoms with van der Waals surface area (Å²) in [5.74, 6) is -17.6. The highest BCUT2D eigenvalue weighted by molar-refractivity contribution is 5.86. The van der Waals surface area contributed by atoms with Crippen molar-refractivity contribution in [1.82, 2.24) is 9.80 Å². The van der Waals surface area contributed by atoms with Crippen molar-refractivity contribution in [2.24, 2.45) is 0 Å². The van der Waals surface area contributed by atoms with E-state index in [9.17, 15) is 65.4 Å². The minimum atomic E-state index is -4.29. The second-order valence-corrected chi connectivity index (χ2v) is 10.9. The fraction of sp³-hybridized carbons (Fsp3) is 0.710. The molecular formula is C31H54N2O17. The molecular weight excluding hydrogens is 672 g/mol. The molecule has 0 fully saturated rings. The topological polar surface area (TPSA) is 297 Å². The third kappa shape index (κ3) is 14.9. The summed E-state index contributed by atoms with van der Waals surface area (Å²) in [5, 5.41) is 106. The van der Waals surface area contributed by atoms with Gasteiger partial charge in [0.05, 0.1) is 32.5 Å². The Morgan fingerprint density at radius 1 is 0.620 bits per heavy atom. The molecule has 0 aromatic carbocycles. The number of rotatable bonds is 26. The number of esters is 3. The molecule has 1 atom stereocenters. The van der Waals surface area contributed by atoms with Crippen molar-refractivity contribution in [2.75, 3.05) is 59.2 Å². The van der Waals surface area contributed by atoms with E-state index >= 15 is 0 Å². The van der Waals surface area contributed by atoms with Gasteiger partial charge in [0, 0.05) is 32.8 Å². The van der Waals surface area contributed by atoms with Crippen LogP contribution in [0.25, 0.3) is 0 Å². The van der Waals surface area contributed by atoms with Gasteiger partial charge in [0.15, 0.2) is 17.3 Å². The maximum Gasteiger partial charge on any atom is 0.373 e. The SMILES string of the molecule is CC=C(O)C(=O)OCCCN(CCCOC(=O)C(O)=CC)C(O)(O)C(O)(O)C(O)(O)N(CCCOC(=O)C(O)=CC)CC(O)COCCCC. The molecule has 0 spiro atoms. The average molecular weight is 727 g/mol. The maximum atomic E-state index is 11.8. The van der Waals surface area contributed by atoms with E-state index in [1.807, 2.05) is 6.92 Å². The molecule has 0 radical (unpaired) electrons. The molecule has 0 aliphatic rings. The van der Waals surface area contributed by atoms with Crippen LogP contribution in [0.2, 0.25) is 0 Å². The zero-order valence-corrected chi connectivity index (χ0v) is 28.9. The quantitative estimate of drug-likeness (QED) is 0.0126. The van der Waals surface area contributed by atoms with Crippen molar-refractivity contribution in [3.63, 3.8) is 0 Å². The number of nitrogens with zero attached hydrogens (tertiary/aromatic N) is 2. The molecule has 0 heterocycles. The van der Waals surface area contributed by atoms with E-state index in [0.717, 1.165) is 24.6 Å². The summed E-state index contributed by atoms with van der Waals surface area (Å²) in [6, 6.07) is 0. The van der Waals surface area contributed by atoms with Gasteiger partial charge in [-0.15, -0.1) is 0 Å². The lowest BCUT2D eigenvalue weighted by molar-refractivity contribution is -0.512. The molecule has 0 saturated heterocycles. The van der Waals surface area contributed by atoms with Gasteiger partial charge in [-0.2, -0.15) is 0 Å². The Morgan fingerprint density at radius 3 is 1.34 bits per heavy atom. The van der Waals surface area contributed by atoms with Crippen molar-refractivity contribution in [1.29, 1.82) is 0 Å². The monoisotopic (exact) mass is 726 g/mol. The summed E-state index contributed by atoms with van der Waals surface area (Å²) in [7, 11) is 0. The van der Waals surface area contributed by atoms with Gasteiger partial charge in [-0.3, -0.25) is 0 Å². The second-order valence-electron chi connectivity index (χ2n) is 10.9. The van der Waals surface area contributed by atoms with Gasteiger partial charge in [0.2, 0.25) is 0 Å². The van der Waals surface area contributed by atoms with Crippen LogP contribution in [0.3, 0.4) is 0 Å². The largest absolute Gasteiger partial charge is 0.502 e. The summed E-state index contributed by atoms with van der Waals surface area (Å²) in [6.45, 7) is 2.23. The molecule has 0 aromatic rings. The molecule has 19 nitrogen and oxygen atoms in total. The molecule has 50 heavy (non-hydrogen) atoms. The zero-order chi connectivity index (χ0) is 38.5. The molecule has 0 aromatic heterocycles. The van der Waals surface area contributed by atoms with E-state index in [0.29, 0.717) is 16.2 Å². The highest BCUT2D eigenvalue weighted by Crippen LogP contribution is 2.34. The van der Waals surface area contributed by atoms with Gasteiger partial charge in [0.1, 0.15) is 0 Å². The molecule has 0 aliphatic carbocycles. The molecule has 0 rings (SSSR count). The number of aliphatic hydroxyl groups is 10. The number of aliphatic hydroxyl groups excluding tert-OH is 4. The normalized spacial score (nSPS) is 14.2. The predicted molar refractivity (Wildman–Crippen MR) is 172 cm³/mol. The van der Waals surface area contributed by atoms with E-state index in [1.54, 1.807) is 0 Å². The van der Waals surface area contributed by atoms with E-state index in [2.05, 4.69) is 0 Å². The van der Waals surface area contributed by atoms with Crippen molar-refractivity contribution in [3.05, 3.63) is 35.5 Å². The first-order valence-corrected chi connectivity index (χ1v) is 16.0. The van der Waals surface area contributed by atoms with Crippen LogP contribution in [0.5, 0.6) is 0 Å². The third-order valence-corrected chi connectivity index (χ3v) is 7.07. The lowest BCUT2D eigenvalue weighted by Gasteiger charge is -2.50. The van der Waals surface area contributed by atoms with Gasteiger partial charge >= 0.3 is 23.7 Å². The predicted octanol–water partition coefficient (Wildman–Crippen LogP) is -1.09. The smallest absolute Gasteiger partial charge is 0.373 e. The van der Waals surface area contributed by atoms with Crippen molar-refractivity contribution >= 4 is 17.9 Å². The van der Waals surface area contributed by atoms with Crippen LogP contribution in [0, 0.1) is 0 Å². The highest BCUT2D eigenvalue weighted by Gasteiger charge is 2.66. The Hall–Kier alpha value is -3.37. The average Bonchev–Trinajstić information content (AvgIpc) is 3.08. The van der Waals surface area contributed by atoms with Gasteiger partial charge in [0.25, 0.3) is 11.8 Å². The summed E-state index contributed by atoms with van der Waals surface area (Å²) in [6.07, 6.45) is 2.42. The van der Waals surface area contributed by atoms with Crippen LogP contribution in [0.15, 0.2) is 35.5 Å². The van der Waals surface area contributed by atoms with E-state index in [-0.39, 0.29) is 32.5 Å². The van der Waals surface area contributed by atoms with E-state index < -0.39 is 105 Å². The number of allylic oxidation sites excluding steroid dienone is 3. The Bertz CT molecular complexity index is 1100. The lowest BCUT2D eigenvalue weighted by atomic mass is 10.0. The molecule has 0 amide bonds. The van der Waals surface area contributed by atoms with Crippen molar-refractivity contribution in [2.45, 2.75) is 83.5 Å². The van der Waals surface area contributed by atoms with Crippen LogP contribution >= 0.6 is 0 Å². The van der Waals surface area contributed by atoms with Gasteiger partial charge in [-0.05, 0) is 64.7 Å². The van der Waals surface area contributed by atoms with Crippen molar-refractivity contribution in [3.8, 4) is 0 Å². The molecule has 0 saturated carbocycles. The van der Waals surface area contributed by atoms with Gasteiger partial charge < -0.3 is 70.0 Å². The molecule has 10 N–H and O–H groups in total. The first kappa shape index (κ1) is 46.6. The number of carbonyl (C=O) groups excluding carboxylic acids is 3. The Balaban J connectivity index is 6.24.